The molecule has 2 rings (SSSR count). The fraction of sp³-hybridized carbons (Fsp3) is 0.429. The summed E-state index contributed by atoms with van der Waals surface area (Å²) in [5, 5.41) is 8.49. The number of nitrogens with one attached hydrogen (secondary N) is 3. The Balaban J connectivity index is 1.88. The Morgan fingerprint density at radius 2 is 2.11 bits per heavy atom. The second kappa shape index (κ2) is 6.33. The summed E-state index contributed by atoms with van der Waals surface area (Å²) in [6.07, 6.45) is 0.948. The molecule has 0 radical (unpaired) electrons. The van der Waals surface area contributed by atoms with Gasteiger partial charge < -0.3 is 10.6 Å². The van der Waals surface area contributed by atoms with Crippen LogP contribution in [0.3, 0.4) is 0 Å². The lowest BCUT2D eigenvalue weighted by Crippen LogP contribution is -2.57. The van der Waals surface area contributed by atoms with Gasteiger partial charge in [0.05, 0.1) is 6.54 Å². The molecule has 1 heterocycles. The first kappa shape index (κ1) is 13.5. The number of rotatable bonds is 4. The minimum atomic E-state index is -0.341. The molecule has 5 heteroatoms. The van der Waals surface area contributed by atoms with Crippen LogP contribution in [0.4, 0.5) is 0 Å². The van der Waals surface area contributed by atoms with Crippen molar-refractivity contribution in [3.05, 3.63) is 35.4 Å². The van der Waals surface area contributed by atoms with E-state index in [2.05, 4.69) is 28.9 Å². The molecule has 1 aromatic carbocycles. The van der Waals surface area contributed by atoms with E-state index in [9.17, 15) is 9.59 Å². The Hall–Kier alpha value is -1.88. The standard InChI is InChI=1S/C14H19N3O2/c1-2-10-5-3-4-6-11(10)7-17-14(19)12-8-16-13(18)9-15-12/h3-6,12,15H,2,7-9H2,1H3,(H,16,18)(H,17,19). The fourth-order valence-electron chi connectivity index (χ4n) is 2.13. The van der Waals surface area contributed by atoms with E-state index in [0.717, 1.165) is 12.0 Å². The Kier molecular flexibility index (Phi) is 4.52. The van der Waals surface area contributed by atoms with Gasteiger partial charge in [-0.25, -0.2) is 0 Å². The Labute approximate surface area is 112 Å². The predicted octanol–water partition coefficient (Wildman–Crippen LogP) is -0.0468. The molecule has 0 aromatic heterocycles. The number of carbonyl (C=O) groups excluding carboxylic acids is 2. The van der Waals surface area contributed by atoms with Gasteiger partial charge in [0.25, 0.3) is 0 Å². The number of piperazine rings is 1. The van der Waals surface area contributed by atoms with E-state index in [-0.39, 0.29) is 24.4 Å². The van der Waals surface area contributed by atoms with Crippen LogP contribution in [0.1, 0.15) is 18.1 Å². The van der Waals surface area contributed by atoms with Crippen molar-refractivity contribution in [3.8, 4) is 0 Å². The summed E-state index contributed by atoms with van der Waals surface area (Å²) in [7, 11) is 0. The van der Waals surface area contributed by atoms with E-state index < -0.39 is 0 Å². The van der Waals surface area contributed by atoms with Gasteiger partial charge in [-0.1, -0.05) is 31.2 Å². The van der Waals surface area contributed by atoms with E-state index in [4.69, 9.17) is 0 Å². The van der Waals surface area contributed by atoms with Gasteiger partial charge in [0.2, 0.25) is 11.8 Å². The first-order valence-corrected chi connectivity index (χ1v) is 6.55. The lowest BCUT2D eigenvalue weighted by molar-refractivity contribution is -0.126. The highest BCUT2D eigenvalue weighted by atomic mass is 16.2. The normalized spacial score (nSPS) is 18.8. The molecule has 1 aliphatic heterocycles. The molecular weight excluding hydrogens is 242 g/mol. The predicted molar refractivity (Wildman–Crippen MR) is 72.5 cm³/mol. The molecule has 1 atom stereocenters. The maximum absolute atomic E-state index is 12.0. The highest BCUT2D eigenvalue weighted by Crippen LogP contribution is 2.08. The van der Waals surface area contributed by atoms with E-state index >= 15 is 0 Å². The van der Waals surface area contributed by atoms with Crippen LogP contribution >= 0.6 is 0 Å². The number of carbonyl (C=O) groups is 2. The minimum Gasteiger partial charge on any atom is -0.353 e. The molecular formula is C14H19N3O2. The Morgan fingerprint density at radius 1 is 1.37 bits per heavy atom. The maximum atomic E-state index is 12.0. The summed E-state index contributed by atoms with van der Waals surface area (Å²) < 4.78 is 0. The average molecular weight is 261 g/mol. The molecule has 1 unspecified atom stereocenters. The molecule has 19 heavy (non-hydrogen) atoms. The zero-order valence-electron chi connectivity index (χ0n) is 11.0. The smallest absolute Gasteiger partial charge is 0.239 e. The molecule has 1 aromatic rings. The van der Waals surface area contributed by atoms with E-state index in [1.54, 1.807) is 0 Å². The van der Waals surface area contributed by atoms with Crippen molar-refractivity contribution >= 4 is 11.8 Å². The molecule has 102 valence electrons. The zero-order chi connectivity index (χ0) is 13.7. The van der Waals surface area contributed by atoms with Crippen molar-refractivity contribution in [1.29, 1.82) is 0 Å². The summed E-state index contributed by atoms with van der Waals surface area (Å²) in [5.74, 6) is -0.147. The molecule has 1 aliphatic rings. The van der Waals surface area contributed by atoms with Gasteiger partial charge in [-0.3, -0.25) is 14.9 Å². The van der Waals surface area contributed by atoms with Crippen LogP contribution in [-0.2, 0) is 22.6 Å². The molecule has 0 saturated carbocycles. The number of amides is 2. The summed E-state index contributed by atoms with van der Waals surface area (Å²) in [5.41, 5.74) is 2.38. The number of aryl methyl sites for hydroxylation is 1. The second-order valence-corrected chi connectivity index (χ2v) is 4.58. The third-order valence-corrected chi connectivity index (χ3v) is 3.28. The Bertz CT molecular complexity index is 464. The SMILES string of the molecule is CCc1ccccc1CNC(=O)C1CNC(=O)CN1. The monoisotopic (exact) mass is 261 g/mol. The summed E-state index contributed by atoms with van der Waals surface area (Å²) >= 11 is 0. The molecule has 0 bridgehead atoms. The Morgan fingerprint density at radius 3 is 2.74 bits per heavy atom. The number of benzene rings is 1. The summed E-state index contributed by atoms with van der Waals surface area (Å²) in [4.78, 5) is 22.9. The fourth-order valence-corrected chi connectivity index (χ4v) is 2.13. The van der Waals surface area contributed by atoms with Crippen LogP contribution in [0, 0.1) is 0 Å². The minimum absolute atomic E-state index is 0.0691. The third-order valence-electron chi connectivity index (χ3n) is 3.28. The van der Waals surface area contributed by atoms with Gasteiger partial charge in [-0.05, 0) is 17.5 Å². The van der Waals surface area contributed by atoms with E-state index in [1.807, 2.05) is 18.2 Å². The van der Waals surface area contributed by atoms with Gasteiger partial charge in [0.15, 0.2) is 0 Å². The first-order valence-electron chi connectivity index (χ1n) is 6.55. The van der Waals surface area contributed by atoms with Gasteiger partial charge in [-0.2, -0.15) is 0 Å². The summed E-state index contributed by atoms with van der Waals surface area (Å²) in [6, 6.07) is 7.73. The van der Waals surface area contributed by atoms with Crippen LogP contribution in [0.15, 0.2) is 24.3 Å². The quantitative estimate of drug-likeness (QED) is 0.712. The van der Waals surface area contributed by atoms with Crippen molar-refractivity contribution in [2.45, 2.75) is 25.9 Å². The van der Waals surface area contributed by atoms with Gasteiger partial charge >= 0.3 is 0 Å². The first-order chi connectivity index (χ1) is 9.20. The van der Waals surface area contributed by atoms with E-state index in [0.29, 0.717) is 13.1 Å². The second-order valence-electron chi connectivity index (χ2n) is 4.58. The largest absolute Gasteiger partial charge is 0.353 e. The lowest BCUT2D eigenvalue weighted by Gasteiger charge is -2.23. The topological polar surface area (TPSA) is 70.2 Å². The number of hydrogen-bond donors (Lipinski definition) is 3. The average Bonchev–Trinajstić information content (AvgIpc) is 2.45. The maximum Gasteiger partial charge on any atom is 0.239 e. The van der Waals surface area contributed by atoms with Crippen molar-refractivity contribution in [1.82, 2.24) is 16.0 Å². The van der Waals surface area contributed by atoms with Gasteiger partial charge in [-0.15, -0.1) is 0 Å². The highest BCUT2D eigenvalue weighted by Gasteiger charge is 2.23. The zero-order valence-corrected chi connectivity index (χ0v) is 11.0. The van der Waals surface area contributed by atoms with E-state index in [1.165, 1.54) is 5.56 Å². The summed E-state index contributed by atoms with van der Waals surface area (Å²) in [6.45, 7) is 3.16. The van der Waals surface area contributed by atoms with Crippen molar-refractivity contribution in [3.63, 3.8) is 0 Å². The molecule has 0 aliphatic carbocycles. The van der Waals surface area contributed by atoms with Crippen molar-refractivity contribution in [2.24, 2.45) is 0 Å². The van der Waals surface area contributed by atoms with Crippen LogP contribution in [-0.4, -0.2) is 30.9 Å². The number of hydrogen-bond acceptors (Lipinski definition) is 3. The molecule has 0 spiro atoms. The molecule has 3 N–H and O–H groups in total. The van der Waals surface area contributed by atoms with Crippen LogP contribution in [0.5, 0.6) is 0 Å². The van der Waals surface area contributed by atoms with Gasteiger partial charge in [0, 0.05) is 13.1 Å². The molecule has 5 nitrogen and oxygen atoms in total. The van der Waals surface area contributed by atoms with Crippen molar-refractivity contribution in [2.75, 3.05) is 13.1 Å². The van der Waals surface area contributed by atoms with Crippen LogP contribution in [0.25, 0.3) is 0 Å². The molecule has 1 fully saturated rings. The van der Waals surface area contributed by atoms with Crippen LogP contribution < -0.4 is 16.0 Å². The highest BCUT2D eigenvalue weighted by molar-refractivity contribution is 5.86. The molecule has 1 saturated heterocycles. The van der Waals surface area contributed by atoms with Gasteiger partial charge in [0.1, 0.15) is 6.04 Å². The molecule has 2 amide bonds. The lowest BCUT2D eigenvalue weighted by atomic mass is 10.1. The van der Waals surface area contributed by atoms with Crippen molar-refractivity contribution < 1.29 is 9.59 Å². The van der Waals surface area contributed by atoms with Crippen LogP contribution in [0.2, 0.25) is 0 Å². The third kappa shape index (κ3) is 3.54.